The second-order valence-corrected chi connectivity index (χ2v) is 8.56. The van der Waals surface area contributed by atoms with E-state index in [0.717, 1.165) is 43.0 Å². The van der Waals surface area contributed by atoms with E-state index in [1.165, 1.54) is 23.7 Å². The van der Waals surface area contributed by atoms with E-state index in [9.17, 15) is 9.90 Å². The van der Waals surface area contributed by atoms with Gasteiger partial charge in [-0.05, 0) is 60.9 Å². The third-order valence-corrected chi connectivity index (χ3v) is 6.55. The standard InChI is InChI=1S/C24H26N2O2S/c1-2-17-12-14-19(15-13-17)25-24-26(20-9-4-3-5-10-20)23(28)22(29-24)16-18-8-6-7-11-21(18)27/h6-8,11-16,20,27H,2-5,9-10H2,1H3/b22-16+,25-24?. The third kappa shape index (κ3) is 4.40. The van der Waals surface area contributed by atoms with Crippen LogP contribution in [0, 0.1) is 0 Å². The minimum absolute atomic E-state index is 0.00548. The molecule has 0 aromatic heterocycles. The second-order valence-electron chi connectivity index (χ2n) is 7.55. The van der Waals surface area contributed by atoms with E-state index >= 15 is 0 Å². The number of aliphatic imine (C=N–C) groups is 1. The Hall–Kier alpha value is -2.53. The first-order valence-electron chi connectivity index (χ1n) is 10.3. The SMILES string of the molecule is CCc1ccc(N=C2S/C(=C/c3ccccc3O)C(=O)N2C2CCCCC2)cc1. The van der Waals surface area contributed by atoms with Gasteiger partial charge in [0.15, 0.2) is 5.17 Å². The summed E-state index contributed by atoms with van der Waals surface area (Å²) in [7, 11) is 0. The van der Waals surface area contributed by atoms with Crippen LogP contribution in [-0.2, 0) is 11.2 Å². The van der Waals surface area contributed by atoms with Gasteiger partial charge in [0.1, 0.15) is 5.75 Å². The van der Waals surface area contributed by atoms with Gasteiger partial charge in [-0.2, -0.15) is 0 Å². The fraction of sp³-hybridized carbons (Fsp3) is 0.333. The highest BCUT2D eigenvalue weighted by atomic mass is 32.2. The van der Waals surface area contributed by atoms with Crippen molar-refractivity contribution in [3.8, 4) is 5.75 Å². The predicted molar refractivity (Wildman–Crippen MR) is 120 cm³/mol. The summed E-state index contributed by atoms with van der Waals surface area (Å²) >= 11 is 1.41. The molecule has 2 aliphatic rings. The first kappa shape index (κ1) is 19.8. The molecular formula is C24H26N2O2S. The molecule has 29 heavy (non-hydrogen) atoms. The van der Waals surface area contributed by atoms with E-state index in [0.29, 0.717) is 10.5 Å². The average Bonchev–Trinajstić information content (AvgIpc) is 3.05. The normalized spacial score (nSPS) is 20.7. The highest BCUT2D eigenvalue weighted by Crippen LogP contribution is 2.39. The van der Waals surface area contributed by atoms with Crippen LogP contribution >= 0.6 is 11.8 Å². The van der Waals surface area contributed by atoms with Crippen LogP contribution in [0.25, 0.3) is 6.08 Å². The Bertz CT molecular complexity index is 944. The first-order valence-corrected chi connectivity index (χ1v) is 11.2. The molecule has 0 radical (unpaired) electrons. The summed E-state index contributed by atoms with van der Waals surface area (Å²) in [5, 5.41) is 10.9. The van der Waals surface area contributed by atoms with Gasteiger partial charge >= 0.3 is 0 Å². The fourth-order valence-corrected chi connectivity index (χ4v) is 4.94. The van der Waals surface area contributed by atoms with Gasteiger partial charge in [-0.15, -0.1) is 0 Å². The summed E-state index contributed by atoms with van der Waals surface area (Å²) in [6.07, 6.45) is 8.34. The van der Waals surface area contributed by atoms with Crippen LogP contribution in [-0.4, -0.2) is 27.1 Å². The summed E-state index contributed by atoms with van der Waals surface area (Å²) in [5.74, 6) is 0.173. The van der Waals surface area contributed by atoms with Crippen LogP contribution in [0.15, 0.2) is 58.4 Å². The van der Waals surface area contributed by atoms with E-state index in [2.05, 4.69) is 19.1 Å². The molecule has 1 saturated heterocycles. The number of aromatic hydroxyl groups is 1. The number of phenolic OH excluding ortho intramolecular Hbond substituents is 1. The van der Waals surface area contributed by atoms with E-state index in [-0.39, 0.29) is 17.7 Å². The van der Waals surface area contributed by atoms with Crippen LogP contribution in [0.2, 0.25) is 0 Å². The van der Waals surface area contributed by atoms with Crippen LogP contribution in [0.5, 0.6) is 5.75 Å². The van der Waals surface area contributed by atoms with Gasteiger partial charge in [0.2, 0.25) is 0 Å². The summed E-state index contributed by atoms with van der Waals surface area (Å²) < 4.78 is 0. The molecule has 2 aromatic carbocycles. The van der Waals surface area contributed by atoms with Crippen molar-refractivity contribution in [2.75, 3.05) is 0 Å². The monoisotopic (exact) mass is 406 g/mol. The van der Waals surface area contributed by atoms with Crippen molar-refractivity contribution >= 4 is 34.6 Å². The topological polar surface area (TPSA) is 52.9 Å². The van der Waals surface area contributed by atoms with Crippen molar-refractivity contribution < 1.29 is 9.90 Å². The number of carbonyl (C=O) groups is 1. The molecule has 0 bridgehead atoms. The molecule has 1 heterocycles. The number of thioether (sulfide) groups is 1. The zero-order valence-corrected chi connectivity index (χ0v) is 17.5. The van der Waals surface area contributed by atoms with Gasteiger partial charge in [0.25, 0.3) is 5.91 Å². The van der Waals surface area contributed by atoms with E-state index in [1.54, 1.807) is 18.2 Å². The van der Waals surface area contributed by atoms with Gasteiger partial charge < -0.3 is 5.11 Å². The Morgan fingerprint density at radius 1 is 1.10 bits per heavy atom. The van der Waals surface area contributed by atoms with Crippen LogP contribution in [0.4, 0.5) is 5.69 Å². The number of aryl methyl sites for hydroxylation is 1. The van der Waals surface area contributed by atoms with Gasteiger partial charge in [-0.25, -0.2) is 4.99 Å². The molecule has 0 spiro atoms. The van der Waals surface area contributed by atoms with Crippen molar-refractivity contribution in [1.82, 2.24) is 4.90 Å². The van der Waals surface area contributed by atoms with Crippen molar-refractivity contribution in [3.63, 3.8) is 0 Å². The molecule has 0 unspecified atom stereocenters. The third-order valence-electron chi connectivity index (χ3n) is 5.57. The second kappa shape index (κ2) is 8.87. The Kier molecular flexibility index (Phi) is 6.05. The average molecular weight is 407 g/mol. The Labute approximate surface area is 176 Å². The predicted octanol–water partition coefficient (Wildman–Crippen LogP) is 5.89. The van der Waals surface area contributed by atoms with Crippen molar-refractivity contribution in [1.29, 1.82) is 0 Å². The fourth-order valence-electron chi connectivity index (χ4n) is 3.89. The maximum atomic E-state index is 13.3. The molecule has 1 N–H and O–H groups in total. The number of hydrogen-bond donors (Lipinski definition) is 1. The Morgan fingerprint density at radius 2 is 1.83 bits per heavy atom. The highest BCUT2D eigenvalue weighted by Gasteiger charge is 2.38. The first-order chi connectivity index (χ1) is 14.2. The molecule has 1 aliphatic carbocycles. The molecule has 1 amide bonds. The summed E-state index contributed by atoms with van der Waals surface area (Å²) in [6.45, 7) is 2.13. The Balaban J connectivity index is 1.69. The number of amides is 1. The van der Waals surface area contributed by atoms with Gasteiger partial charge in [0.05, 0.1) is 10.6 Å². The molecule has 5 heteroatoms. The lowest BCUT2D eigenvalue weighted by atomic mass is 9.94. The van der Waals surface area contributed by atoms with Gasteiger partial charge in [-0.3, -0.25) is 9.69 Å². The van der Waals surface area contributed by atoms with Crippen LogP contribution in [0.3, 0.4) is 0 Å². The number of nitrogens with zero attached hydrogens (tertiary/aromatic N) is 2. The maximum absolute atomic E-state index is 13.3. The largest absolute Gasteiger partial charge is 0.507 e. The molecule has 1 aliphatic heterocycles. The van der Waals surface area contributed by atoms with E-state index in [4.69, 9.17) is 4.99 Å². The zero-order chi connectivity index (χ0) is 20.2. The lowest BCUT2D eigenvalue weighted by Crippen LogP contribution is -2.40. The number of phenols is 1. The number of para-hydroxylation sites is 1. The molecule has 0 atom stereocenters. The Morgan fingerprint density at radius 3 is 2.52 bits per heavy atom. The number of carbonyl (C=O) groups excluding carboxylic acids is 1. The molecular weight excluding hydrogens is 380 g/mol. The summed E-state index contributed by atoms with van der Waals surface area (Å²) in [5.41, 5.74) is 2.79. The minimum Gasteiger partial charge on any atom is -0.507 e. The van der Waals surface area contributed by atoms with E-state index in [1.807, 2.05) is 29.2 Å². The minimum atomic E-state index is -0.00548. The summed E-state index contributed by atoms with van der Waals surface area (Å²) in [6, 6.07) is 15.5. The smallest absolute Gasteiger partial charge is 0.267 e. The van der Waals surface area contributed by atoms with Crippen molar-refractivity contribution in [3.05, 3.63) is 64.6 Å². The number of amidine groups is 1. The molecule has 4 rings (SSSR count). The lowest BCUT2D eigenvalue weighted by molar-refractivity contribution is -0.124. The quantitative estimate of drug-likeness (QED) is 0.644. The maximum Gasteiger partial charge on any atom is 0.267 e. The van der Waals surface area contributed by atoms with Gasteiger partial charge in [-0.1, -0.05) is 56.5 Å². The van der Waals surface area contributed by atoms with Crippen molar-refractivity contribution in [2.24, 2.45) is 4.99 Å². The summed E-state index contributed by atoms with van der Waals surface area (Å²) in [4.78, 5) is 20.6. The molecule has 2 fully saturated rings. The number of rotatable bonds is 4. The molecule has 4 nitrogen and oxygen atoms in total. The number of benzene rings is 2. The lowest BCUT2D eigenvalue weighted by Gasteiger charge is -2.30. The molecule has 1 saturated carbocycles. The molecule has 2 aromatic rings. The van der Waals surface area contributed by atoms with E-state index < -0.39 is 0 Å². The van der Waals surface area contributed by atoms with Gasteiger partial charge in [0, 0.05) is 11.6 Å². The number of hydrogen-bond acceptors (Lipinski definition) is 4. The zero-order valence-electron chi connectivity index (χ0n) is 16.7. The molecule has 150 valence electrons. The van der Waals surface area contributed by atoms with Crippen LogP contribution in [0.1, 0.15) is 50.2 Å². The highest BCUT2D eigenvalue weighted by molar-refractivity contribution is 8.18. The van der Waals surface area contributed by atoms with Crippen molar-refractivity contribution in [2.45, 2.75) is 51.5 Å². The van der Waals surface area contributed by atoms with Crippen LogP contribution < -0.4 is 0 Å².